The molecule has 2 rings (SSSR count). The van der Waals surface area contributed by atoms with Crippen LogP contribution in [0.15, 0.2) is 48.5 Å². The Morgan fingerprint density at radius 1 is 1.11 bits per heavy atom. The highest BCUT2D eigenvalue weighted by Gasteiger charge is 2.07. The molecular formula is C15H15ClIN. The van der Waals surface area contributed by atoms with E-state index in [1.807, 2.05) is 18.2 Å². The number of hydrogen-bond acceptors (Lipinski definition) is 1. The molecule has 2 aromatic carbocycles. The molecule has 0 bridgehead atoms. The first-order valence-corrected chi connectivity index (χ1v) is 7.35. The molecule has 1 atom stereocenters. The summed E-state index contributed by atoms with van der Waals surface area (Å²) in [4.78, 5) is 0. The van der Waals surface area contributed by atoms with Crippen molar-refractivity contribution in [1.82, 2.24) is 5.32 Å². The molecule has 0 amide bonds. The number of benzene rings is 2. The van der Waals surface area contributed by atoms with E-state index in [4.69, 9.17) is 11.6 Å². The Morgan fingerprint density at radius 3 is 2.44 bits per heavy atom. The molecule has 18 heavy (non-hydrogen) atoms. The second-order valence-electron chi connectivity index (χ2n) is 4.25. The van der Waals surface area contributed by atoms with E-state index in [9.17, 15) is 0 Å². The van der Waals surface area contributed by atoms with E-state index in [0.717, 1.165) is 17.1 Å². The van der Waals surface area contributed by atoms with Crippen LogP contribution in [0.4, 0.5) is 0 Å². The van der Waals surface area contributed by atoms with Crippen LogP contribution >= 0.6 is 34.2 Å². The van der Waals surface area contributed by atoms with Crippen LogP contribution in [-0.2, 0) is 6.54 Å². The minimum Gasteiger partial charge on any atom is -0.306 e. The second-order valence-corrected chi connectivity index (χ2v) is 5.90. The van der Waals surface area contributed by atoms with Gasteiger partial charge in [0.15, 0.2) is 0 Å². The first-order chi connectivity index (χ1) is 8.66. The maximum absolute atomic E-state index is 6.18. The summed E-state index contributed by atoms with van der Waals surface area (Å²) in [6.07, 6.45) is 0. The zero-order valence-corrected chi connectivity index (χ0v) is 13.1. The van der Waals surface area contributed by atoms with Crippen molar-refractivity contribution in [2.24, 2.45) is 0 Å². The van der Waals surface area contributed by atoms with Gasteiger partial charge in [-0.2, -0.15) is 0 Å². The van der Waals surface area contributed by atoms with Crippen LogP contribution in [0.3, 0.4) is 0 Å². The van der Waals surface area contributed by atoms with Gasteiger partial charge in [0.1, 0.15) is 0 Å². The van der Waals surface area contributed by atoms with Crippen LogP contribution in [0.5, 0.6) is 0 Å². The Kier molecular flexibility index (Phi) is 5.03. The molecule has 0 spiro atoms. The van der Waals surface area contributed by atoms with Crippen molar-refractivity contribution >= 4 is 34.2 Å². The molecule has 0 fully saturated rings. The van der Waals surface area contributed by atoms with Crippen LogP contribution in [0.25, 0.3) is 0 Å². The molecule has 0 aliphatic heterocycles. The van der Waals surface area contributed by atoms with Crippen molar-refractivity contribution in [2.45, 2.75) is 19.5 Å². The highest BCUT2D eigenvalue weighted by molar-refractivity contribution is 14.1. The van der Waals surface area contributed by atoms with Gasteiger partial charge in [-0.25, -0.2) is 0 Å². The molecule has 0 saturated carbocycles. The highest BCUT2D eigenvalue weighted by Crippen LogP contribution is 2.22. The largest absolute Gasteiger partial charge is 0.306 e. The van der Waals surface area contributed by atoms with Gasteiger partial charge in [0.05, 0.1) is 0 Å². The van der Waals surface area contributed by atoms with Gasteiger partial charge in [-0.05, 0) is 58.8 Å². The van der Waals surface area contributed by atoms with Crippen molar-refractivity contribution < 1.29 is 0 Å². The topological polar surface area (TPSA) is 12.0 Å². The lowest BCUT2D eigenvalue weighted by atomic mass is 10.1. The molecule has 94 valence electrons. The summed E-state index contributed by atoms with van der Waals surface area (Å²) < 4.78 is 1.26. The quantitative estimate of drug-likeness (QED) is 0.762. The van der Waals surface area contributed by atoms with Gasteiger partial charge < -0.3 is 5.32 Å². The fraction of sp³-hybridized carbons (Fsp3) is 0.200. The molecule has 0 heterocycles. The molecule has 1 nitrogen and oxygen atoms in total. The smallest absolute Gasteiger partial charge is 0.0453 e. The lowest BCUT2D eigenvalue weighted by molar-refractivity contribution is 0.575. The monoisotopic (exact) mass is 371 g/mol. The molecule has 0 saturated heterocycles. The molecule has 0 radical (unpaired) electrons. The maximum Gasteiger partial charge on any atom is 0.0453 e. The molecule has 0 aliphatic rings. The van der Waals surface area contributed by atoms with Crippen LogP contribution in [0, 0.1) is 3.57 Å². The van der Waals surface area contributed by atoms with Crippen molar-refractivity contribution in [3.05, 3.63) is 68.3 Å². The van der Waals surface area contributed by atoms with E-state index in [1.165, 1.54) is 9.13 Å². The van der Waals surface area contributed by atoms with Gasteiger partial charge in [-0.1, -0.05) is 41.9 Å². The Balaban J connectivity index is 1.98. The summed E-state index contributed by atoms with van der Waals surface area (Å²) in [5.41, 5.74) is 2.43. The third kappa shape index (κ3) is 3.70. The van der Waals surface area contributed by atoms with Gasteiger partial charge in [-0.15, -0.1) is 0 Å². The third-order valence-corrected chi connectivity index (χ3v) is 3.96. The zero-order chi connectivity index (χ0) is 13.0. The molecular weight excluding hydrogens is 357 g/mol. The summed E-state index contributed by atoms with van der Waals surface area (Å²) >= 11 is 8.49. The van der Waals surface area contributed by atoms with E-state index < -0.39 is 0 Å². The molecule has 2 aromatic rings. The van der Waals surface area contributed by atoms with Crippen LogP contribution in [-0.4, -0.2) is 0 Å². The molecule has 0 aromatic heterocycles. The van der Waals surface area contributed by atoms with Gasteiger partial charge in [-0.3, -0.25) is 0 Å². The Hall–Kier alpha value is -0.580. The molecule has 0 aliphatic carbocycles. The summed E-state index contributed by atoms with van der Waals surface area (Å²) in [6, 6.07) is 16.8. The summed E-state index contributed by atoms with van der Waals surface area (Å²) in [5, 5.41) is 4.31. The van der Waals surface area contributed by atoms with Crippen LogP contribution in [0.2, 0.25) is 5.02 Å². The van der Waals surface area contributed by atoms with Gasteiger partial charge >= 0.3 is 0 Å². The Labute approximate surface area is 127 Å². The van der Waals surface area contributed by atoms with Crippen LogP contribution in [0.1, 0.15) is 24.1 Å². The maximum atomic E-state index is 6.18. The first-order valence-electron chi connectivity index (χ1n) is 5.89. The van der Waals surface area contributed by atoms with E-state index in [1.54, 1.807) is 0 Å². The number of hydrogen-bond donors (Lipinski definition) is 1. The lowest BCUT2D eigenvalue weighted by Crippen LogP contribution is -2.18. The Bertz CT molecular complexity index is 510. The van der Waals surface area contributed by atoms with Crippen LogP contribution < -0.4 is 5.32 Å². The van der Waals surface area contributed by atoms with E-state index in [-0.39, 0.29) is 6.04 Å². The normalized spacial score (nSPS) is 12.4. The predicted molar refractivity (Wildman–Crippen MR) is 85.9 cm³/mol. The molecule has 0 unspecified atom stereocenters. The van der Waals surface area contributed by atoms with E-state index in [0.29, 0.717) is 0 Å². The van der Waals surface area contributed by atoms with E-state index >= 15 is 0 Å². The van der Waals surface area contributed by atoms with Crippen molar-refractivity contribution in [2.75, 3.05) is 0 Å². The number of rotatable bonds is 4. The lowest BCUT2D eigenvalue weighted by Gasteiger charge is -2.15. The fourth-order valence-corrected chi connectivity index (χ4v) is 2.47. The van der Waals surface area contributed by atoms with Crippen molar-refractivity contribution in [3.63, 3.8) is 0 Å². The summed E-state index contributed by atoms with van der Waals surface area (Å²) in [5.74, 6) is 0. The minimum absolute atomic E-state index is 0.248. The SMILES string of the molecule is C[C@@H](NCc1ccc(I)cc1)c1ccccc1Cl. The van der Waals surface area contributed by atoms with E-state index in [2.05, 4.69) is 65.2 Å². The molecule has 3 heteroatoms. The fourth-order valence-electron chi connectivity index (χ4n) is 1.81. The second kappa shape index (κ2) is 6.55. The standard InChI is InChI=1S/C15H15ClIN/c1-11(14-4-2-3-5-15(14)16)18-10-12-6-8-13(17)9-7-12/h2-9,11,18H,10H2,1H3/t11-/m1/s1. The predicted octanol–water partition coefficient (Wildman–Crippen LogP) is 4.80. The highest BCUT2D eigenvalue weighted by atomic mass is 127. The van der Waals surface area contributed by atoms with Crippen molar-refractivity contribution in [1.29, 1.82) is 0 Å². The first kappa shape index (κ1) is 13.8. The third-order valence-electron chi connectivity index (χ3n) is 2.90. The zero-order valence-electron chi connectivity index (χ0n) is 10.2. The summed E-state index contributed by atoms with van der Waals surface area (Å²) in [6.45, 7) is 2.98. The average Bonchev–Trinajstić information content (AvgIpc) is 2.38. The molecule has 1 N–H and O–H groups in total. The summed E-state index contributed by atoms with van der Waals surface area (Å²) in [7, 11) is 0. The van der Waals surface area contributed by atoms with Crippen molar-refractivity contribution in [3.8, 4) is 0 Å². The number of nitrogens with one attached hydrogen (secondary N) is 1. The van der Waals surface area contributed by atoms with Gasteiger partial charge in [0, 0.05) is 21.2 Å². The minimum atomic E-state index is 0.248. The Morgan fingerprint density at radius 2 is 1.78 bits per heavy atom. The van der Waals surface area contributed by atoms with Gasteiger partial charge in [0.25, 0.3) is 0 Å². The van der Waals surface area contributed by atoms with Gasteiger partial charge in [0.2, 0.25) is 0 Å². The number of halogens is 2. The average molecular weight is 372 g/mol.